The summed E-state index contributed by atoms with van der Waals surface area (Å²) in [6, 6.07) is 14.7. The van der Waals surface area contributed by atoms with Gasteiger partial charge in [-0.15, -0.1) is 0 Å². The summed E-state index contributed by atoms with van der Waals surface area (Å²) in [5, 5.41) is 5.39. The van der Waals surface area contributed by atoms with E-state index in [1.807, 2.05) is 4.90 Å². The van der Waals surface area contributed by atoms with Crippen LogP contribution in [0.15, 0.2) is 42.5 Å². The number of amides is 2. The molecule has 4 nitrogen and oxygen atoms in total. The van der Waals surface area contributed by atoms with Gasteiger partial charge >= 0.3 is 0 Å². The summed E-state index contributed by atoms with van der Waals surface area (Å²) in [7, 11) is 0. The molecular weight excluding hydrogens is 300 g/mol. The van der Waals surface area contributed by atoms with Crippen molar-refractivity contribution in [2.24, 2.45) is 0 Å². The van der Waals surface area contributed by atoms with Crippen LogP contribution < -0.4 is 5.32 Å². The molecule has 2 heterocycles. The molecule has 24 heavy (non-hydrogen) atoms. The Labute approximate surface area is 141 Å². The molecule has 0 saturated carbocycles. The maximum absolute atomic E-state index is 12.5. The molecule has 4 rings (SSSR count). The summed E-state index contributed by atoms with van der Waals surface area (Å²) in [5.41, 5.74) is 1.40. The van der Waals surface area contributed by atoms with Crippen LogP contribution in [-0.2, 0) is 9.59 Å². The standard InChI is InChI=1S/C20H22N2O2/c23-19-9-8-18(21-19)20(24)22-12-10-15(11-13-22)17-7-3-5-14-4-1-2-6-16(14)17/h1-7,15,18H,8-13H2,(H,21,23). The fraction of sp³-hybridized carbons (Fsp3) is 0.400. The largest absolute Gasteiger partial charge is 0.344 e. The van der Waals surface area contributed by atoms with Crippen LogP contribution in [0.3, 0.4) is 0 Å². The summed E-state index contributed by atoms with van der Waals surface area (Å²) in [5.74, 6) is 0.592. The van der Waals surface area contributed by atoms with Gasteiger partial charge in [-0.05, 0) is 41.5 Å². The Kier molecular flexibility index (Phi) is 3.97. The molecule has 2 amide bonds. The highest BCUT2D eigenvalue weighted by Crippen LogP contribution is 2.33. The van der Waals surface area contributed by atoms with Crippen molar-refractivity contribution in [1.29, 1.82) is 0 Å². The van der Waals surface area contributed by atoms with Crippen molar-refractivity contribution in [3.8, 4) is 0 Å². The molecule has 2 aromatic rings. The fourth-order valence-electron chi connectivity index (χ4n) is 4.04. The lowest BCUT2D eigenvalue weighted by Crippen LogP contribution is -2.47. The van der Waals surface area contributed by atoms with Crippen LogP contribution in [0.2, 0.25) is 0 Å². The van der Waals surface area contributed by atoms with E-state index in [0.29, 0.717) is 18.8 Å². The maximum atomic E-state index is 12.5. The zero-order valence-electron chi connectivity index (χ0n) is 13.7. The van der Waals surface area contributed by atoms with Gasteiger partial charge in [0.25, 0.3) is 0 Å². The van der Waals surface area contributed by atoms with Gasteiger partial charge in [-0.3, -0.25) is 9.59 Å². The van der Waals surface area contributed by atoms with Gasteiger partial charge in [0, 0.05) is 19.5 Å². The lowest BCUT2D eigenvalue weighted by molar-refractivity contribution is -0.135. The van der Waals surface area contributed by atoms with Crippen molar-refractivity contribution in [2.45, 2.75) is 37.6 Å². The Hall–Kier alpha value is -2.36. The molecule has 1 N–H and O–H groups in total. The summed E-state index contributed by atoms with van der Waals surface area (Å²) < 4.78 is 0. The molecule has 2 aromatic carbocycles. The highest BCUT2D eigenvalue weighted by molar-refractivity contribution is 5.91. The first-order valence-corrected chi connectivity index (χ1v) is 8.78. The van der Waals surface area contributed by atoms with Crippen LogP contribution in [0.25, 0.3) is 10.8 Å². The Bertz CT molecular complexity index is 773. The van der Waals surface area contributed by atoms with Gasteiger partial charge in [0.05, 0.1) is 0 Å². The van der Waals surface area contributed by atoms with Crippen LogP contribution in [0.4, 0.5) is 0 Å². The van der Waals surface area contributed by atoms with Crippen molar-refractivity contribution in [1.82, 2.24) is 10.2 Å². The minimum Gasteiger partial charge on any atom is -0.344 e. The van der Waals surface area contributed by atoms with Gasteiger partial charge in [-0.1, -0.05) is 42.5 Å². The predicted octanol–water partition coefficient (Wildman–Crippen LogP) is 2.82. The third-order valence-electron chi connectivity index (χ3n) is 5.36. The molecule has 0 aromatic heterocycles. The minimum absolute atomic E-state index is 0.000934. The first kappa shape index (κ1) is 15.2. The first-order valence-electron chi connectivity index (χ1n) is 8.78. The van der Waals surface area contributed by atoms with Gasteiger partial charge in [-0.2, -0.15) is 0 Å². The molecule has 1 atom stereocenters. The van der Waals surface area contributed by atoms with Gasteiger partial charge in [0.15, 0.2) is 0 Å². The Balaban J connectivity index is 1.46. The molecule has 0 bridgehead atoms. The van der Waals surface area contributed by atoms with Crippen molar-refractivity contribution in [2.75, 3.05) is 13.1 Å². The molecule has 2 saturated heterocycles. The highest BCUT2D eigenvalue weighted by Gasteiger charge is 2.33. The third kappa shape index (κ3) is 2.77. The van der Waals surface area contributed by atoms with Crippen LogP contribution in [-0.4, -0.2) is 35.8 Å². The number of carbonyl (C=O) groups excluding carboxylic acids is 2. The number of likely N-dealkylation sites (tertiary alicyclic amines) is 1. The first-order chi connectivity index (χ1) is 11.7. The van der Waals surface area contributed by atoms with Crippen LogP contribution >= 0.6 is 0 Å². The van der Waals surface area contributed by atoms with E-state index in [2.05, 4.69) is 47.8 Å². The highest BCUT2D eigenvalue weighted by atomic mass is 16.2. The molecule has 0 radical (unpaired) electrons. The van der Waals surface area contributed by atoms with E-state index < -0.39 is 0 Å². The SMILES string of the molecule is O=C1CCC(C(=O)N2CCC(c3cccc4ccccc34)CC2)N1. The van der Waals surface area contributed by atoms with Crippen LogP contribution in [0.5, 0.6) is 0 Å². The Morgan fingerprint density at radius 3 is 2.50 bits per heavy atom. The minimum atomic E-state index is -0.299. The van der Waals surface area contributed by atoms with Crippen molar-refractivity contribution in [3.63, 3.8) is 0 Å². The zero-order chi connectivity index (χ0) is 16.5. The number of benzene rings is 2. The molecule has 2 aliphatic rings. The Morgan fingerprint density at radius 1 is 1.00 bits per heavy atom. The van der Waals surface area contributed by atoms with Crippen LogP contribution in [0.1, 0.15) is 37.2 Å². The van der Waals surface area contributed by atoms with E-state index in [4.69, 9.17) is 0 Å². The summed E-state index contributed by atoms with van der Waals surface area (Å²) in [4.78, 5) is 25.8. The smallest absolute Gasteiger partial charge is 0.245 e. The van der Waals surface area contributed by atoms with Crippen molar-refractivity contribution < 1.29 is 9.59 Å². The van der Waals surface area contributed by atoms with Crippen LogP contribution in [0, 0.1) is 0 Å². The number of piperidine rings is 1. The quantitative estimate of drug-likeness (QED) is 0.924. The summed E-state index contributed by atoms with van der Waals surface area (Å²) >= 11 is 0. The second kappa shape index (κ2) is 6.27. The van der Waals surface area contributed by atoms with E-state index >= 15 is 0 Å². The number of nitrogens with zero attached hydrogens (tertiary/aromatic N) is 1. The molecule has 124 valence electrons. The number of nitrogens with one attached hydrogen (secondary N) is 1. The second-order valence-electron chi connectivity index (χ2n) is 6.83. The molecular formula is C20H22N2O2. The average molecular weight is 322 g/mol. The van der Waals surface area contributed by atoms with Gasteiger partial charge < -0.3 is 10.2 Å². The molecule has 2 aliphatic heterocycles. The van der Waals surface area contributed by atoms with E-state index in [-0.39, 0.29) is 17.9 Å². The lowest BCUT2D eigenvalue weighted by Gasteiger charge is -2.34. The zero-order valence-corrected chi connectivity index (χ0v) is 13.7. The third-order valence-corrected chi connectivity index (χ3v) is 5.36. The van der Waals surface area contributed by atoms with Crippen molar-refractivity contribution in [3.05, 3.63) is 48.0 Å². The molecule has 4 heteroatoms. The second-order valence-corrected chi connectivity index (χ2v) is 6.83. The molecule has 1 unspecified atom stereocenters. The topological polar surface area (TPSA) is 49.4 Å². The maximum Gasteiger partial charge on any atom is 0.245 e. The monoisotopic (exact) mass is 322 g/mol. The number of hydrogen-bond donors (Lipinski definition) is 1. The molecule has 0 aliphatic carbocycles. The summed E-state index contributed by atoms with van der Waals surface area (Å²) in [6.45, 7) is 1.55. The lowest BCUT2D eigenvalue weighted by atomic mass is 9.86. The predicted molar refractivity (Wildman–Crippen MR) is 93.7 cm³/mol. The summed E-state index contributed by atoms with van der Waals surface area (Å²) in [6.07, 6.45) is 3.09. The number of carbonyl (C=O) groups is 2. The fourth-order valence-corrected chi connectivity index (χ4v) is 4.04. The van der Waals surface area contributed by atoms with Gasteiger partial charge in [0.1, 0.15) is 6.04 Å². The number of fused-ring (bicyclic) bond motifs is 1. The average Bonchev–Trinajstić information content (AvgIpc) is 3.07. The van der Waals surface area contributed by atoms with E-state index in [1.165, 1.54) is 16.3 Å². The van der Waals surface area contributed by atoms with Crippen molar-refractivity contribution >= 4 is 22.6 Å². The Morgan fingerprint density at radius 2 is 1.75 bits per heavy atom. The van der Waals surface area contributed by atoms with E-state index in [0.717, 1.165) is 25.9 Å². The van der Waals surface area contributed by atoms with E-state index in [9.17, 15) is 9.59 Å². The van der Waals surface area contributed by atoms with Gasteiger partial charge in [-0.25, -0.2) is 0 Å². The van der Waals surface area contributed by atoms with E-state index in [1.54, 1.807) is 0 Å². The number of rotatable bonds is 2. The molecule has 2 fully saturated rings. The number of hydrogen-bond acceptors (Lipinski definition) is 2. The normalized spacial score (nSPS) is 21.9. The molecule has 0 spiro atoms. The van der Waals surface area contributed by atoms with Gasteiger partial charge in [0.2, 0.25) is 11.8 Å².